The van der Waals surface area contributed by atoms with Crippen molar-refractivity contribution in [3.05, 3.63) is 566 Å². The van der Waals surface area contributed by atoms with Crippen LogP contribution in [0.5, 0.6) is 0 Å². The third-order valence-electron chi connectivity index (χ3n) is 27.6. The molecule has 0 radical (unpaired) electrons. The van der Waals surface area contributed by atoms with E-state index in [1.165, 1.54) is 149 Å². The van der Waals surface area contributed by atoms with Crippen molar-refractivity contribution >= 4 is 127 Å². The topological polar surface area (TPSA) is 24.5 Å². The van der Waals surface area contributed by atoms with Crippen LogP contribution in [0.3, 0.4) is 0 Å². The second-order valence-corrected chi connectivity index (χ2v) is 34.5. The number of fused-ring (bicyclic) bond motifs is 14. The van der Waals surface area contributed by atoms with Crippen molar-refractivity contribution < 1.29 is 0 Å². The number of para-hydroxylation sites is 11. The van der Waals surface area contributed by atoms with Crippen molar-refractivity contribution in [1.82, 2.24) is 13.7 Å². The summed E-state index contributed by atoms with van der Waals surface area (Å²) in [5.41, 5.74) is 34.3. The first kappa shape index (κ1) is 77.1. The average molecular weight is 1680 g/mol. The third-order valence-corrected chi connectivity index (χ3v) is 27.6. The van der Waals surface area contributed by atoms with E-state index in [0.29, 0.717) is 0 Å². The number of hydrogen-bond acceptors (Lipinski definition) is 3. The van der Waals surface area contributed by atoms with Crippen LogP contribution in [0.4, 0.5) is 51.2 Å². The zero-order valence-electron chi connectivity index (χ0n) is 72.3. The maximum atomic E-state index is 2.47. The summed E-state index contributed by atoms with van der Waals surface area (Å²) in [4.78, 5) is 7.28. The summed E-state index contributed by atoms with van der Waals surface area (Å²) in [5, 5.41) is 9.90. The Morgan fingerprint density at radius 3 is 0.864 bits per heavy atom. The second kappa shape index (κ2) is 31.9. The van der Waals surface area contributed by atoms with Gasteiger partial charge in [-0.15, -0.1) is 0 Å². The quantitative estimate of drug-likeness (QED) is 0.108. The van der Waals surface area contributed by atoms with Gasteiger partial charge in [0.15, 0.2) is 0 Å². The van der Waals surface area contributed by atoms with E-state index >= 15 is 0 Å². The van der Waals surface area contributed by atoms with Crippen molar-refractivity contribution in [1.29, 1.82) is 0 Å². The Morgan fingerprint density at radius 1 is 0.167 bits per heavy atom. The van der Waals surface area contributed by atoms with E-state index in [2.05, 4.69) is 550 Å². The number of benzene rings is 21. The predicted molar refractivity (Wildman–Crippen MR) is 552 cm³/mol. The van der Waals surface area contributed by atoms with Crippen molar-refractivity contribution in [2.75, 3.05) is 14.7 Å². The van der Waals surface area contributed by atoms with Crippen LogP contribution in [0.15, 0.2) is 522 Å². The van der Waals surface area contributed by atoms with Gasteiger partial charge in [-0.05, 0) is 242 Å². The number of anilines is 9. The summed E-state index contributed by atoms with van der Waals surface area (Å²) in [6.45, 7) is 0. The third kappa shape index (κ3) is 12.3. The van der Waals surface area contributed by atoms with Gasteiger partial charge >= 0.3 is 0 Å². The predicted octanol–water partition coefficient (Wildman–Crippen LogP) is 33.0. The lowest BCUT2D eigenvalue weighted by Crippen LogP contribution is -2.37. The fourth-order valence-corrected chi connectivity index (χ4v) is 21.9. The van der Waals surface area contributed by atoms with Crippen molar-refractivity contribution in [2.45, 2.75) is 10.8 Å². The van der Waals surface area contributed by atoms with E-state index in [9.17, 15) is 0 Å². The van der Waals surface area contributed by atoms with Gasteiger partial charge in [0.25, 0.3) is 0 Å². The molecule has 0 aliphatic carbocycles. The first-order chi connectivity index (χ1) is 65.5. The molecule has 21 aromatic carbocycles. The molecule has 5 heterocycles. The number of nitrogens with zero attached hydrogens (tertiary/aromatic N) is 6. The van der Waals surface area contributed by atoms with Crippen LogP contribution in [-0.4, -0.2) is 13.7 Å². The Labute approximate surface area is 766 Å². The van der Waals surface area contributed by atoms with Crippen molar-refractivity contribution in [3.63, 3.8) is 0 Å². The van der Waals surface area contributed by atoms with Gasteiger partial charge in [-0.2, -0.15) is 0 Å². The molecule has 0 N–H and O–H groups in total. The highest BCUT2D eigenvalue weighted by molar-refractivity contribution is 6.13. The molecule has 0 spiro atoms. The molecular weight excluding hydrogens is 1600 g/mol. The lowest BCUT2D eigenvalue weighted by atomic mass is 9.62. The molecule has 132 heavy (non-hydrogen) atoms. The molecule has 24 aromatic rings. The van der Waals surface area contributed by atoms with Crippen LogP contribution in [-0.2, 0) is 10.8 Å². The van der Waals surface area contributed by atoms with Gasteiger partial charge in [0.2, 0.25) is 0 Å². The maximum absolute atomic E-state index is 2.47. The fraction of sp³-hybridized carbons (Fsp3) is 0.0159. The largest absolute Gasteiger partial charge is 0.310 e. The molecule has 0 bridgehead atoms. The first-order valence-corrected chi connectivity index (χ1v) is 45.5. The average Bonchev–Trinajstić information content (AvgIpc) is 0.799. The van der Waals surface area contributed by atoms with Crippen LogP contribution in [0.2, 0.25) is 0 Å². The lowest BCUT2D eigenvalue weighted by Gasteiger charge is -2.46. The molecule has 0 fully saturated rings. The van der Waals surface area contributed by atoms with E-state index < -0.39 is 10.8 Å². The van der Waals surface area contributed by atoms with Crippen LogP contribution >= 0.6 is 0 Å². The Bertz CT molecular complexity index is 8400. The van der Waals surface area contributed by atoms with E-state index in [4.69, 9.17) is 0 Å². The highest BCUT2D eigenvalue weighted by Gasteiger charge is 2.49. The molecule has 0 amide bonds. The van der Waals surface area contributed by atoms with E-state index in [-0.39, 0.29) is 0 Å². The first-order valence-electron chi connectivity index (χ1n) is 45.5. The molecule has 6 nitrogen and oxygen atoms in total. The minimum Gasteiger partial charge on any atom is -0.310 e. The molecule has 620 valence electrons. The van der Waals surface area contributed by atoms with Crippen molar-refractivity contribution in [3.8, 4) is 39.3 Å². The van der Waals surface area contributed by atoms with Gasteiger partial charge in [-0.25, -0.2) is 0 Å². The van der Waals surface area contributed by atoms with Gasteiger partial charge in [-0.1, -0.05) is 352 Å². The Hall–Kier alpha value is -17.3. The van der Waals surface area contributed by atoms with Crippen LogP contribution in [0.25, 0.3) is 116 Å². The molecule has 26 rings (SSSR count). The molecule has 0 saturated heterocycles. The normalized spacial score (nSPS) is 12.9. The van der Waals surface area contributed by atoms with Gasteiger partial charge in [0.05, 0.1) is 72.4 Å². The summed E-state index contributed by atoms with van der Waals surface area (Å²) in [6, 6.07) is 191. The zero-order chi connectivity index (χ0) is 87.2. The van der Waals surface area contributed by atoms with E-state index in [1.807, 2.05) is 0 Å². The molecule has 0 atom stereocenters. The summed E-state index contributed by atoms with van der Waals surface area (Å²) in [7, 11) is 0. The number of hydrogen-bond donors (Lipinski definition) is 0. The summed E-state index contributed by atoms with van der Waals surface area (Å²) in [6.07, 6.45) is 0. The van der Waals surface area contributed by atoms with Crippen LogP contribution < -0.4 is 14.7 Å². The Morgan fingerprint density at radius 2 is 0.455 bits per heavy atom. The molecule has 2 aliphatic heterocycles. The summed E-state index contributed by atoms with van der Waals surface area (Å²) < 4.78 is 7.18. The monoisotopic (exact) mass is 1680 g/mol. The molecular formula is C126H86N6. The van der Waals surface area contributed by atoms with Crippen LogP contribution in [0.1, 0.15) is 44.5 Å². The highest BCUT2D eigenvalue weighted by atomic mass is 15.2. The zero-order valence-corrected chi connectivity index (χ0v) is 72.3. The number of rotatable bonds is 14. The van der Waals surface area contributed by atoms with Gasteiger partial charge in [0, 0.05) is 77.5 Å². The second-order valence-electron chi connectivity index (χ2n) is 34.5. The number of aromatic nitrogens is 3. The van der Waals surface area contributed by atoms with Crippen molar-refractivity contribution in [2.24, 2.45) is 0 Å². The molecule has 2 aliphatic rings. The maximum Gasteiger partial charge on any atom is 0.0742 e. The molecule has 0 unspecified atom stereocenters. The Kier molecular flexibility index (Phi) is 18.6. The minimum atomic E-state index is -0.615. The van der Waals surface area contributed by atoms with Gasteiger partial charge in [0.1, 0.15) is 0 Å². The summed E-state index contributed by atoms with van der Waals surface area (Å²) >= 11 is 0. The fourth-order valence-electron chi connectivity index (χ4n) is 21.9. The standard InChI is InChI=1S/C65H45N3.C61H41N3/c1-4-21-49(22-5-1)65(50-39-44-62-57(45-50)56-28-12-15-31-61(56)67(62)52-25-8-3-9-26-52)58-29-13-16-32-63(58)68(64-33-17-14-30-59(64)65)54-42-37-47(38-43-54)46-35-40-53(41-36-46)66(51-23-6-2-7-24-51)60-34-18-20-48-19-10-11-27-55(48)60;1-4-18-44(19-5-1)61(45-35-39-58-52(41-45)50-25-11-15-29-56(50)63(58)47-22-8-3-9-23-47)53-26-12-16-30-59(53)64(60-31-17-13-27-54(60)61)48-36-32-42(33-37-48)43-34-38-57-51(40-43)49-24-10-14-28-55(49)62(57)46-20-6-2-7-21-46/h1-45H;1-41H. The van der Waals surface area contributed by atoms with Gasteiger partial charge in [-0.3, -0.25) is 0 Å². The van der Waals surface area contributed by atoms with E-state index in [0.717, 1.165) is 62.3 Å². The summed E-state index contributed by atoms with van der Waals surface area (Å²) in [5.74, 6) is 0. The lowest BCUT2D eigenvalue weighted by molar-refractivity contribution is 0.732. The molecule has 6 heteroatoms. The smallest absolute Gasteiger partial charge is 0.0742 e. The van der Waals surface area contributed by atoms with E-state index in [1.54, 1.807) is 0 Å². The molecule has 0 saturated carbocycles. The highest BCUT2D eigenvalue weighted by Crippen LogP contribution is 2.61. The minimum absolute atomic E-state index is 0.608. The Balaban J connectivity index is 0.000000142. The van der Waals surface area contributed by atoms with Crippen LogP contribution in [0, 0.1) is 0 Å². The van der Waals surface area contributed by atoms with Gasteiger partial charge < -0.3 is 28.4 Å². The SMILES string of the molecule is c1ccc(-n2c3ccccc3c3cc(-c4ccc(N5c6ccccc6C(c6ccccc6)(c6ccc7c(c6)c6ccccc6n7-c6ccccc6)c6ccccc65)cc4)ccc32)cc1.c1ccc(N(c2ccc(-c3ccc(N4c5ccccc5C(c5ccccc5)(c5ccc6c(c5)c5ccccc5n6-c5ccccc5)c5ccccc54)cc3)cc2)c2cccc3ccccc23)cc1. The molecule has 3 aromatic heterocycles.